The Balaban J connectivity index is 2.22. The van der Waals surface area contributed by atoms with E-state index in [4.69, 9.17) is 0 Å². The average Bonchev–Trinajstić information content (AvgIpc) is 2.59. The van der Waals surface area contributed by atoms with Crippen molar-refractivity contribution in [2.24, 2.45) is 0 Å². The predicted molar refractivity (Wildman–Crippen MR) is 90.8 cm³/mol. The minimum atomic E-state index is -1.45. The third-order valence-electron chi connectivity index (χ3n) is 4.51. The Bertz CT molecular complexity index is 898. The Morgan fingerprint density at radius 2 is 1.78 bits per heavy atom. The number of carbonyl (C=O) groups is 1. The largest absolute Gasteiger partial charge is 0.506 e. The van der Waals surface area contributed by atoms with Crippen molar-refractivity contribution in [3.05, 3.63) is 48.0 Å². The number of nitrogens with zero attached hydrogens (tertiary/aromatic N) is 1. The van der Waals surface area contributed by atoms with Crippen molar-refractivity contribution in [2.75, 3.05) is 0 Å². The van der Waals surface area contributed by atoms with Crippen LogP contribution >= 0.6 is 0 Å². The lowest BCUT2D eigenvalue weighted by atomic mass is 9.87. The monoisotopic (exact) mass is 309 g/mol. The van der Waals surface area contributed by atoms with Gasteiger partial charge in [-0.05, 0) is 37.1 Å². The number of pyridine rings is 1. The number of hydrogen-bond acceptors (Lipinski definition) is 4. The highest BCUT2D eigenvalue weighted by Crippen LogP contribution is 2.33. The number of ketones is 1. The quantitative estimate of drug-likeness (QED) is 0.567. The van der Waals surface area contributed by atoms with E-state index in [1.165, 1.54) is 6.07 Å². The summed E-state index contributed by atoms with van der Waals surface area (Å²) in [6.07, 6.45) is 0.603. The Morgan fingerprint density at radius 3 is 2.48 bits per heavy atom. The number of phenolic OH excluding ortho intramolecular Hbond substituents is 1. The molecule has 0 aliphatic rings. The number of benzene rings is 2. The second-order valence-corrected chi connectivity index (χ2v) is 5.78. The van der Waals surface area contributed by atoms with Gasteiger partial charge in [0, 0.05) is 10.8 Å². The molecule has 0 aliphatic carbocycles. The molecule has 4 heteroatoms. The summed E-state index contributed by atoms with van der Waals surface area (Å²) < 4.78 is 0. The molecule has 1 heterocycles. The van der Waals surface area contributed by atoms with Crippen molar-refractivity contribution in [1.82, 2.24) is 4.98 Å². The molecular weight excluding hydrogens is 290 g/mol. The van der Waals surface area contributed by atoms with Crippen molar-refractivity contribution in [2.45, 2.75) is 32.3 Å². The highest BCUT2D eigenvalue weighted by Gasteiger charge is 2.34. The topological polar surface area (TPSA) is 70.4 Å². The number of phenols is 1. The van der Waals surface area contributed by atoms with E-state index in [1.54, 1.807) is 19.9 Å². The molecule has 23 heavy (non-hydrogen) atoms. The molecule has 3 rings (SSSR count). The molecule has 4 nitrogen and oxygen atoms in total. The van der Waals surface area contributed by atoms with Crippen LogP contribution in [0.2, 0.25) is 0 Å². The highest BCUT2D eigenvalue weighted by molar-refractivity contribution is 6.09. The number of carbonyl (C=O) groups excluding carboxylic acids is 1. The molecule has 0 aliphatic heterocycles. The molecule has 0 saturated heterocycles. The molecule has 0 unspecified atom stereocenters. The summed E-state index contributed by atoms with van der Waals surface area (Å²) in [5.41, 5.74) is 0.141. The fourth-order valence-electron chi connectivity index (χ4n) is 2.84. The fourth-order valence-corrected chi connectivity index (χ4v) is 2.84. The summed E-state index contributed by atoms with van der Waals surface area (Å²) in [4.78, 5) is 17.1. The second kappa shape index (κ2) is 5.63. The summed E-state index contributed by atoms with van der Waals surface area (Å²) >= 11 is 0. The normalized spacial score (nSPS) is 12.0. The number of Topliss-reactive ketones (excluding diaryl/α,β-unsaturated/α-hetero) is 1. The molecule has 0 atom stereocenters. The lowest BCUT2D eigenvalue weighted by Crippen LogP contribution is -2.37. The zero-order valence-electron chi connectivity index (χ0n) is 13.2. The summed E-state index contributed by atoms with van der Waals surface area (Å²) in [6.45, 7) is 3.52. The van der Waals surface area contributed by atoms with E-state index >= 15 is 0 Å². The van der Waals surface area contributed by atoms with E-state index in [9.17, 15) is 15.0 Å². The minimum absolute atomic E-state index is 0.119. The van der Waals surface area contributed by atoms with Crippen LogP contribution in [-0.2, 0) is 0 Å². The van der Waals surface area contributed by atoms with Gasteiger partial charge in [0.25, 0.3) is 0 Å². The summed E-state index contributed by atoms with van der Waals surface area (Å²) in [5.74, 6) is -0.568. The number of hydrogen-bond donors (Lipinski definition) is 2. The predicted octanol–water partition coefficient (Wildman–Crippen LogP) is 3.83. The molecule has 2 N–H and O–H groups in total. The second-order valence-electron chi connectivity index (χ2n) is 5.78. The van der Waals surface area contributed by atoms with Crippen LogP contribution < -0.4 is 0 Å². The van der Waals surface area contributed by atoms with E-state index in [1.807, 2.05) is 30.3 Å². The van der Waals surface area contributed by atoms with E-state index in [0.717, 1.165) is 10.9 Å². The summed E-state index contributed by atoms with van der Waals surface area (Å²) in [7, 11) is 0. The maximum absolute atomic E-state index is 12.6. The Hall–Kier alpha value is -2.46. The van der Waals surface area contributed by atoms with Gasteiger partial charge in [-0.25, -0.2) is 4.98 Å². The van der Waals surface area contributed by atoms with Gasteiger partial charge in [0.05, 0.1) is 16.6 Å². The first-order valence-corrected chi connectivity index (χ1v) is 7.79. The number of fused-ring (bicyclic) bond motifs is 2. The molecule has 1 aromatic heterocycles. The van der Waals surface area contributed by atoms with Gasteiger partial charge in [-0.15, -0.1) is 0 Å². The Kier molecular flexibility index (Phi) is 3.78. The molecular formula is C19H19NO3. The van der Waals surface area contributed by atoms with Crippen molar-refractivity contribution in [1.29, 1.82) is 0 Å². The van der Waals surface area contributed by atoms with Gasteiger partial charge in [-0.2, -0.15) is 0 Å². The highest BCUT2D eigenvalue weighted by atomic mass is 16.3. The smallest absolute Gasteiger partial charge is 0.198 e. The van der Waals surface area contributed by atoms with Gasteiger partial charge in [-0.1, -0.05) is 32.0 Å². The SMILES string of the molecule is CCC(O)(CC)C(=O)c1ccc2nc3ccccc3cc2c1O. The Labute approximate surface area is 134 Å². The van der Waals surface area contributed by atoms with Crippen LogP contribution in [0.3, 0.4) is 0 Å². The summed E-state index contributed by atoms with van der Waals surface area (Å²) in [6, 6.07) is 12.7. The van der Waals surface area contributed by atoms with Gasteiger partial charge < -0.3 is 10.2 Å². The van der Waals surface area contributed by atoms with Crippen molar-refractivity contribution in [3.63, 3.8) is 0 Å². The van der Waals surface area contributed by atoms with Crippen LogP contribution in [0.25, 0.3) is 21.8 Å². The van der Waals surface area contributed by atoms with Crippen LogP contribution in [-0.4, -0.2) is 26.6 Å². The van der Waals surface area contributed by atoms with Crippen molar-refractivity contribution >= 4 is 27.6 Å². The standard InChI is InChI=1S/C19H19NO3/c1-3-19(23,4-2)18(22)13-9-10-16-14(17(13)21)11-12-7-5-6-8-15(12)20-16/h5-11,21,23H,3-4H2,1-2H3. The van der Waals surface area contributed by atoms with Crippen LogP contribution in [0, 0.1) is 0 Å². The fraction of sp³-hybridized carbons (Fsp3) is 0.263. The minimum Gasteiger partial charge on any atom is -0.506 e. The molecule has 0 spiro atoms. The molecule has 0 radical (unpaired) electrons. The third kappa shape index (κ3) is 2.45. The first-order chi connectivity index (χ1) is 11.0. The van der Waals surface area contributed by atoms with Crippen molar-refractivity contribution in [3.8, 4) is 5.75 Å². The zero-order chi connectivity index (χ0) is 16.6. The van der Waals surface area contributed by atoms with E-state index < -0.39 is 11.4 Å². The van der Waals surface area contributed by atoms with E-state index in [2.05, 4.69) is 4.98 Å². The van der Waals surface area contributed by atoms with Crippen molar-refractivity contribution < 1.29 is 15.0 Å². The molecule has 2 aromatic carbocycles. The number of aromatic nitrogens is 1. The van der Waals surface area contributed by atoms with Crippen LogP contribution in [0.15, 0.2) is 42.5 Å². The molecule has 118 valence electrons. The number of aromatic hydroxyl groups is 1. The molecule has 3 aromatic rings. The van der Waals surface area contributed by atoms with Gasteiger partial charge in [0.1, 0.15) is 11.4 Å². The maximum atomic E-state index is 12.6. The summed E-state index contributed by atoms with van der Waals surface area (Å²) in [5, 5.41) is 22.4. The number of para-hydroxylation sites is 1. The maximum Gasteiger partial charge on any atom is 0.198 e. The number of rotatable bonds is 4. The van der Waals surface area contributed by atoms with Crippen LogP contribution in [0.4, 0.5) is 0 Å². The number of aliphatic hydroxyl groups is 1. The van der Waals surface area contributed by atoms with Gasteiger partial charge in [0.15, 0.2) is 5.78 Å². The first kappa shape index (κ1) is 15.4. The van der Waals surface area contributed by atoms with Crippen LogP contribution in [0.5, 0.6) is 5.75 Å². The molecule has 0 saturated carbocycles. The molecule has 0 bridgehead atoms. The average molecular weight is 309 g/mol. The van der Waals surface area contributed by atoms with E-state index in [-0.39, 0.29) is 11.3 Å². The van der Waals surface area contributed by atoms with Crippen LogP contribution in [0.1, 0.15) is 37.0 Å². The lowest BCUT2D eigenvalue weighted by Gasteiger charge is -2.24. The molecule has 0 amide bonds. The van der Waals surface area contributed by atoms with Gasteiger partial charge in [-0.3, -0.25) is 4.79 Å². The lowest BCUT2D eigenvalue weighted by molar-refractivity contribution is 0.0275. The van der Waals surface area contributed by atoms with Gasteiger partial charge in [0.2, 0.25) is 0 Å². The third-order valence-corrected chi connectivity index (χ3v) is 4.51. The van der Waals surface area contributed by atoms with Gasteiger partial charge >= 0.3 is 0 Å². The van der Waals surface area contributed by atoms with E-state index in [0.29, 0.717) is 23.7 Å². The Morgan fingerprint density at radius 1 is 1.09 bits per heavy atom. The first-order valence-electron chi connectivity index (χ1n) is 7.79. The molecule has 0 fully saturated rings. The zero-order valence-corrected chi connectivity index (χ0v) is 13.2.